The van der Waals surface area contributed by atoms with Crippen LogP contribution in [-0.2, 0) is 11.3 Å². The van der Waals surface area contributed by atoms with Crippen molar-refractivity contribution in [3.8, 4) is 5.82 Å². The topological polar surface area (TPSA) is 97.2 Å². The molecule has 0 saturated heterocycles. The summed E-state index contributed by atoms with van der Waals surface area (Å²) in [6, 6.07) is 10.3. The van der Waals surface area contributed by atoms with Crippen molar-refractivity contribution < 1.29 is 14.4 Å². The van der Waals surface area contributed by atoms with E-state index in [1.807, 2.05) is 12.1 Å². The van der Waals surface area contributed by atoms with Crippen molar-refractivity contribution in [1.29, 1.82) is 0 Å². The molecular weight excluding hydrogens is 358 g/mol. The number of fused-ring (bicyclic) bond motifs is 1. The first-order chi connectivity index (χ1) is 13.6. The van der Waals surface area contributed by atoms with Crippen LogP contribution in [-0.4, -0.2) is 43.7 Å². The molecule has 3 aromatic rings. The molecule has 1 N–H and O–H groups in total. The highest BCUT2D eigenvalue weighted by Crippen LogP contribution is 2.22. The van der Waals surface area contributed by atoms with E-state index in [0.717, 1.165) is 10.5 Å². The highest BCUT2D eigenvalue weighted by Gasteiger charge is 2.34. The number of imidazole rings is 1. The second-order valence-electron chi connectivity index (χ2n) is 6.33. The molecule has 0 saturated carbocycles. The summed E-state index contributed by atoms with van der Waals surface area (Å²) < 4.78 is 1.77. The molecule has 4 rings (SSSR count). The Kier molecular flexibility index (Phi) is 4.67. The van der Waals surface area contributed by atoms with Crippen molar-refractivity contribution in [2.24, 2.45) is 0 Å². The maximum absolute atomic E-state index is 12.3. The third kappa shape index (κ3) is 3.39. The molecule has 1 aromatic carbocycles. The highest BCUT2D eigenvalue weighted by atomic mass is 16.2. The zero-order valence-electron chi connectivity index (χ0n) is 14.9. The molecule has 0 radical (unpaired) electrons. The fourth-order valence-corrected chi connectivity index (χ4v) is 3.05. The molecule has 2 aromatic heterocycles. The standard InChI is InChI=1S/C20H17N5O3/c26-18(6-9-25-19(27)15-3-1-2-4-16(15)20(25)28)23-12-14-5-7-22-17(11-14)24-10-8-21-13-24/h1-5,7-8,10-11,13H,6,9,12H2,(H,23,26). The molecule has 0 fully saturated rings. The Morgan fingerprint density at radius 1 is 1.04 bits per heavy atom. The van der Waals surface area contributed by atoms with Gasteiger partial charge in [-0.1, -0.05) is 12.1 Å². The van der Waals surface area contributed by atoms with Crippen LogP contribution in [0.2, 0.25) is 0 Å². The van der Waals surface area contributed by atoms with Crippen molar-refractivity contribution in [2.45, 2.75) is 13.0 Å². The molecule has 0 unspecified atom stereocenters. The maximum atomic E-state index is 12.3. The van der Waals surface area contributed by atoms with Crippen LogP contribution in [0.1, 0.15) is 32.7 Å². The number of aromatic nitrogens is 3. The molecule has 0 bridgehead atoms. The molecule has 0 atom stereocenters. The predicted octanol–water partition coefficient (Wildman–Crippen LogP) is 1.57. The van der Waals surface area contributed by atoms with Crippen LogP contribution >= 0.6 is 0 Å². The number of pyridine rings is 1. The lowest BCUT2D eigenvalue weighted by molar-refractivity contribution is -0.121. The number of imide groups is 1. The van der Waals surface area contributed by atoms with Gasteiger partial charge >= 0.3 is 0 Å². The maximum Gasteiger partial charge on any atom is 0.261 e. The zero-order chi connectivity index (χ0) is 19.5. The first-order valence-electron chi connectivity index (χ1n) is 8.78. The number of hydrogen-bond donors (Lipinski definition) is 1. The number of benzene rings is 1. The van der Waals surface area contributed by atoms with Crippen LogP contribution in [0.15, 0.2) is 61.3 Å². The molecule has 140 valence electrons. The van der Waals surface area contributed by atoms with Crippen molar-refractivity contribution in [3.63, 3.8) is 0 Å². The molecule has 3 amide bonds. The van der Waals surface area contributed by atoms with Gasteiger partial charge in [0.1, 0.15) is 12.1 Å². The number of nitrogens with one attached hydrogen (secondary N) is 1. The lowest BCUT2D eigenvalue weighted by Gasteiger charge is -2.13. The quantitative estimate of drug-likeness (QED) is 0.660. The predicted molar refractivity (Wildman–Crippen MR) is 99.6 cm³/mol. The normalized spacial score (nSPS) is 12.9. The van der Waals surface area contributed by atoms with Gasteiger partial charge in [0, 0.05) is 38.1 Å². The summed E-state index contributed by atoms with van der Waals surface area (Å²) in [6.45, 7) is 0.375. The minimum atomic E-state index is -0.354. The minimum Gasteiger partial charge on any atom is -0.352 e. The van der Waals surface area contributed by atoms with Gasteiger partial charge in [0.25, 0.3) is 11.8 Å². The molecule has 1 aliphatic heterocycles. The Hall–Kier alpha value is -3.81. The van der Waals surface area contributed by atoms with Gasteiger partial charge in [-0.2, -0.15) is 0 Å². The van der Waals surface area contributed by atoms with Gasteiger partial charge in [0.15, 0.2) is 0 Å². The second-order valence-corrected chi connectivity index (χ2v) is 6.33. The number of amides is 3. The van der Waals surface area contributed by atoms with E-state index >= 15 is 0 Å². The average molecular weight is 375 g/mol. The van der Waals surface area contributed by atoms with Gasteiger partial charge in [0.05, 0.1) is 11.1 Å². The van der Waals surface area contributed by atoms with E-state index in [1.165, 1.54) is 0 Å². The van der Waals surface area contributed by atoms with Crippen LogP contribution < -0.4 is 5.32 Å². The zero-order valence-corrected chi connectivity index (χ0v) is 14.9. The Labute approximate surface area is 160 Å². The highest BCUT2D eigenvalue weighted by molar-refractivity contribution is 6.21. The molecule has 8 heteroatoms. The third-order valence-electron chi connectivity index (χ3n) is 4.51. The lowest BCUT2D eigenvalue weighted by Crippen LogP contribution is -2.34. The van der Waals surface area contributed by atoms with Crippen LogP contribution in [0, 0.1) is 0 Å². The van der Waals surface area contributed by atoms with Gasteiger partial charge in [-0.25, -0.2) is 9.97 Å². The van der Waals surface area contributed by atoms with Crippen LogP contribution in [0.25, 0.3) is 5.82 Å². The van der Waals surface area contributed by atoms with Gasteiger partial charge in [-0.15, -0.1) is 0 Å². The van der Waals surface area contributed by atoms with Gasteiger partial charge in [-0.3, -0.25) is 23.9 Å². The summed E-state index contributed by atoms with van der Waals surface area (Å²) in [5.74, 6) is -0.243. The SMILES string of the molecule is O=C(CCN1C(=O)c2ccccc2C1=O)NCc1ccnc(-n2ccnc2)c1. The van der Waals surface area contributed by atoms with Crippen LogP contribution in [0.3, 0.4) is 0 Å². The smallest absolute Gasteiger partial charge is 0.261 e. The first kappa shape index (κ1) is 17.6. The van der Waals surface area contributed by atoms with Crippen molar-refractivity contribution in [2.75, 3.05) is 6.54 Å². The van der Waals surface area contributed by atoms with Gasteiger partial charge < -0.3 is 5.32 Å². The van der Waals surface area contributed by atoms with Crippen molar-refractivity contribution >= 4 is 17.7 Å². The van der Waals surface area contributed by atoms with Crippen LogP contribution in [0.4, 0.5) is 0 Å². The van der Waals surface area contributed by atoms with E-state index < -0.39 is 0 Å². The second kappa shape index (κ2) is 7.43. The van der Waals surface area contributed by atoms with E-state index in [9.17, 15) is 14.4 Å². The lowest BCUT2D eigenvalue weighted by atomic mass is 10.1. The Morgan fingerprint density at radius 3 is 2.46 bits per heavy atom. The number of nitrogens with zero attached hydrogens (tertiary/aromatic N) is 4. The van der Waals surface area contributed by atoms with Crippen molar-refractivity contribution in [1.82, 2.24) is 24.8 Å². The van der Waals surface area contributed by atoms with E-state index in [1.54, 1.807) is 53.8 Å². The van der Waals surface area contributed by atoms with E-state index in [4.69, 9.17) is 0 Å². The summed E-state index contributed by atoms with van der Waals surface area (Å²) in [5, 5.41) is 2.81. The molecule has 3 heterocycles. The van der Waals surface area contributed by atoms with Gasteiger partial charge in [0.2, 0.25) is 5.91 Å². The fraction of sp³-hybridized carbons (Fsp3) is 0.150. The van der Waals surface area contributed by atoms with E-state index in [-0.39, 0.29) is 30.7 Å². The molecule has 8 nitrogen and oxygen atoms in total. The summed E-state index contributed by atoms with van der Waals surface area (Å²) in [4.78, 5) is 46.2. The molecule has 28 heavy (non-hydrogen) atoms. The Balaban J connectivity index is 1.32. The van der Waals surface area contributed by atoms with E-state index in [2.05, 4.69) is 15.3 Å². The largest absolute Gasteiger partial charge is 0.352 e. The molecule has 0 spiro atoms. The van der Waals surface area contributed by atoms with Gasteiger partial charge in [-0.05, 0) is 29.8 Å². The number of carbonyl (C=O) groups excluding carboxylic acids is 3. The summed E-state index contributed by atoms with van der Waals surface area (Å²) >= 11 is 0. The number of carbonyl (C=O) groups is 3. The third-order valence-corrected chi connectivity index (χ3v) is 4.51. The van der Waals surface area contributed by atoms with Crippen molar-refractivity contribution in [3.05, 3.63) is 78.0 Å². The molecule has 1 aliphatic rings. The monoisotopic (exact) mass is 375 g/mol. The number of hydrogen-bond acceptors (Lipinski definition) is 5. The van der Waals surface area contributed by atoms with E-state index in [0.29, 0.717) is 23.5 Å². The number of rotatable bonds is 6. The first-order valence-corrected chi connectivity index (χ1v) is 8.78. The summed E-state index contributed by atoms with van der Waals surface area (Å²) in [5.41, 5.74) is 1.65. The Morgan fingerprint density at radius 2 is 1.79 bits per heavy atom. The van der Waals surface area contributed by atoms with Crippen LogP contribution in [0.5, 0.6) is 0 Å². The Bertz CT molecular complexity index is 1010. The average Bonchev–Trinajstić information content (AvgIpc) is 3.34. The minimum absolute atomic E-state index is 0.0466. The summed E-state index contributed by atoms with van der Waals surface area (Å²) in [7, 11) is 0. The molecule has 0 aliphatic carbocycles. The fourth-order valence-electron chi connectivity index (χ4n) is 3.05. The molecular formula is C20H17N5O3. The summed E-state index contributed by atoms with van der Waals surface area (Å²) in [6.07, 6.45) is 6.80.